The standard InChI is InChI=1S/C25H29N3O2S/c1-17-6-4-7-22(19(17)3)25(30)28-13-5-8-23(28)24(29)26-15-21-11-9-20(10-12-21)14-18(2)27-16-31/h4,6-7,9-12,14,16,23H,5,8,13,15H2,1-3H3,(H,26,29)(H,27,31)/b18-14+. The van der Waals surface area contributed by atoms with Gasteiger partial charge in [-0.05, 0) is 68.0 Å². The van der Waals surface area contributed by atoms with E-state index in [2.05, 4.69) is 22.9 Å². The molecular formula is C25H29N3O2S. The summed E-state index contributed by atoms with van der Waals surface area (Å²) in [7, 11) is 0. The van der Waals surface area contributed by atoms with Crippen LogP contribution in [0.15, 0.2) is 53.2 Å². The van der Waals surface area contributed by atoms with Crippen LogP contribution in [0.2, 0.25) is 0 Å². The predicted molar refractivity (Wildman–Crippen MR) is 129 cm³/mol. The minimum absolute atomic E-state index is 0.0609. The normalized spacial score (nSPS) is 16.7. The van der Waals surface area contributed by atoms with Crippen molar-refractivity contribution in [2.24, 2.45) is 4.99 Å². The van der Waals surface area contributed by atoms with Gasteiger partial charge in [0.15, 0.2) is 0 Å². The lowest BCUT2D eigenvalue weighted by molar-refractivity contribution is -0.125. The van der Waals surface area contributed by atoms with Gasteiger partial charge in [0.05, 0.1) is 5.55 Å². The van der Waals surface area contributed by atoms with Crippen LogP contribution in [0.3, 0.4) is 0 Å². The first kappa shape index (κ1) is 22.8. The Hall–Kier alpha value is -2.86. The van der Waals surface area contributed by atoms with E-state index in [-0.39, 0.29) is 11.8 Å². The van der Waals surface area contributed by atoms with Crippen molar-refractivity contribution in [1.29, 1.82) is 0 Å². The van der Waals surface area contributed by atoms with Crippen LogP contribution >= 0.6 is 12.6 Å². The fourth-order valence-corrected chi connectivity index (χ4v) is 4.01. The summed E-state index contributed by atoms with van der Waals surface area (Å²) in [6.07, 6.45) is 3.49. The van der Waals surface area contributed by atoms with E-state index >= 15 is 0 Å². The van der Waals surface area contributed by atoms with E-state index in [0.29, 0.717) is 25.1 Å². The van der Waals surface area contributed by atoms with Gasteiger partial charge in [-0.15, -0.1) is 12.6 Å². The van der Waals surface area contributed by atoms with E-state index in [1.54, 1.807) is 4.90 Å². The topological polar surface area (TPSA) is 61.8 Å². The Bertz CT molecular complexity index is 1010. The highest BCUT2D eigenvalue weighted by Crippen LogP contribution is 2.23. The fraction of sp³-hybridized carbons (Fsp3) is 0.320. The summed E-state index contributed by atoms with van der Waals surface area (Å²) in [4.78, 5) is 31.8. The van der Waals surface area contributed by atoms with E-state index in [1.807, 2.05) is 69.3 Å². The van der Waals surface area contributed by atoms with Crippen molar-refractivity contribution in [3.05, 3.63) is 76.0 Å². The molecule has 1 fully saturated rings. The largest absolute Gasteiger partial charge is 0.350 e. The highest BCUT2D eigenvalue weighted by atomic mass is 32.1. The third-order valence-electron chi connectivity index (χ3n) is 5.73. The predicted octanol–water partition coefficient (Wildman–Crippen LogP) is 4.54. The molecule has 0 spiro atoms. The zero-order valence-corrected chi connectivity index (χ0v) is 19.2. The van der Waals surface area contributed by atoms with E-state index in [0.717, 1.165) is 34.4 Å². The molecule has 3 rings (SSSR count). The van der Waals surface area contributed by atoms with Gasteiger partial charge in [0.1, 0.15) is 6.04 Å². The summed E-state index contributed by atoms with van der Waals surface area (Å²) < 4.78 is 0. The third-order valence-corrected chi connectivity index (χ3v) is 5.85. The number of aliphatic imine (C=N–C) groups is 1. The Morgan fingerprint density at radius 1 is 1.19 bits per heavy atom. The lowest BCUT2D eigenvalue weighted by Gasteiger charge is -2.25. The lowest BCUT2D eigenvalue weighted by atomic mass is 10.0. The number of hydrogen-bond donors (Lipinski definition) is 2. The molecule has 1 aliphatic heterocycles. The molecule has 2 aromatic carbocycles. The first-order chi connectivity index (χ1) is 14.9. The minimum Gasteiger partial charge on any atom is -0.350 e. The Morgan fingerprint density at radius 2 is 1.94 bits per heavy atom. The molecule has 1 aliphatic rings. The number of aryl methyl sites for hydroxylation is 1. The van der Waals surface area contributed by atoms with Crippen LogP contribution in [0, 0.1) is 13.8 Å². The maximum atomic E-state index is 13.1. The second kappa shape index (κ2) is 10.4. The van der Waals surface area contributed by atoms with Gasteiger partial charge in [0.2, 0.25) is 5.91 Å². The molecule has 1 saturated heterocycles. The van der Waals surface area contributed by atoms with Gasteiger partial charge in [0, 0.05) is 24.4 Å². The molecule has 31 heavy (non-hydrogen) atoms. The zero-order chi connectivity index (χ0) is 22.4. The number of carbonyl (C=O) groups is 2. The van der Waals surface area contributed by atoms with E-state index in [4.69, 9.17) is 0 Å². The zero-order valence-electron chi connectivity index (χ0n) is 18.3. The van der Waals surface area contributed by atoms with Crippen LogP contribution in [-0.4, -0.2) is 34.8 Å². The number of allylic oxidation sites excluding steroid dienone is 1. The molecule has 0 bridgehead atoms. The summed E-state index contributed by atoms with van der Waals surface area (Å²) >= 11 is 3.98. The quantitative estimate of drug-likeness (QED) is 0.397. The second-order valence-electron chi connectivity index (χ2n) is 7.89. The van der Waals surface area contributed by atoms with Crippen LogP contribution in [0.5, 0.6) is 0 Å². The molecule has 0 aromatic heterocycles. The monoisotopic (exact) mass is 435 g/mol. The van der Waals surface area contributed by atoms with Crippen LogP contribution < -0.4 is 5.32 Å². The van der Waals surface area contributed by atoms with Gasteiger partial charge in [-0.3, -0.25) is 14.6 Å². The summed E-state index contributed by atoms with van der Waals surface area (Å²) in [6.45, 7) is 6.90. The molecule has 1 heterocycles. The molecule has 2 aromatic rings. The number of hydrogen-bond acceptors (Lipinski definition) is 3. The number of carbonyl (C=O) groups excluding carboxylic acids is 2. The van der Waals surface area contributed by atoms with Crippen molar-refractivity contribution in [1.82, 2.24) is 10.2 Å². The molecule has 6 heteroatoms. The Morgan fingerprint density at radius 3 is 2.65 bits per heavy atom. The van der Waals surface area contributed by atoms with Gasteiger partial charge >= 0.3 is 0 Å². The van der Waals surface area contributed by atoms with Gasteiger partial charge in [-0.1, -0.05) is 36.4 Å². The van der Waals surface area contributed by atoms with Crippen molar-refractivity contribution in [2.75, 3.05) is 6.54 Å². The highest BCUT2D eigenvalue weighted by molar-refractivity contribution is 7.94. The molecule has 0 saturated carbocycles. The van der Waals surface area contributed by atoms with E-state index in [1.165, 1.54) is 5.55 Å². The lowest BCUT2D eigenvalue weighted by Crippen LogP contribution is -2.45. The van der Waals surface area contributed by atoms with Crippen molar-refractivity contribution < 1.29 is 9.59 Å². The Balaban J connectivity index is 1.63. The highest BCUT2D eigenvalue weighted by Gasteiger charge is 2.34. The minimum atomic E-state index is -0.420. The Labute approximate surface area is 189 Å². The molecule has 1 unspecified atom stereocenters. The van der Waals surface area contributed by atoms with Crippen molar-refractivity contribution >= 4 is 36.1 Å². The number of nitrogens with zero attached hydrogens (tertiary/aromatic N) is 2. The molecule has 162 valence electrons. The van der Waals surface area contributed by atoms with E-state index < -0.39 is 6.04 Å². The SMILES string of the molecule is CC(=C\c1ccc(CNC(=O)C2CCCN2C(=O)c2cccc(C)c2C)cc1)/N=C\S. The maximum Gasteiger partial charge on any atom is 0.254 e. The van der Waals surface area contributed by atoms with Crippen LogP contribution in [0.25, 0.3) is 6.08 Å². The molecule has 1 atom stereocenters. The number of likely N-dealkylation sites (tertiary alicyclic amines) is 1. The van der Waals surface area contributed by atoms with Crippen molar-refractivity contribution in [3.63, 3.8) is 0 Å². The van der Waals surface area contributed by atoms with Crippen LogP contribution in [0.1, 0.15) is 52.4 Å². The molecule has 0 radical (unpaired) electrons. The van der Waals surface area contributed by atoms with Gasteiger partial charge in [-0.2, -0.15) is 0 Å². The van der Waals surface area contributed by atoms with Crippen LogP contribution in [-0.2, 0) is 11.3 Å². The number of amides is 2. The first-order valence-electron chi connectivity index (χ1n) is 10.5. The molecule has 5 nitrogen and oxygen atoms in total. The molecule has 1 N–H and O–H groups in total. The maximum absolute atomic E-state index is 13.1. The number of rotatable bonds is 6. The average Bonchev–Trinajstić information content (AvgIpc) is 3.25. The Kier molecular flexibility index (Phi) is 7.69. The number of nitrogens with one attached hydrogen (secondary N) is 1. The van der Waals surface area contributed by atoms with Gasteiger partial charge in [0.25, 0.3) is 5.91 Å². The smallest absolute Gasteiger partial charge is 0.254 e. The van der Waals surface area contributed by atoms with Crippen molar-refractivity contribution in [2.45, 2.75) is 46.2 Å². The molecule has 2 amide bonds. The fourth-order valence-electron chi connectivity index (χ4n) is 3.83. The average molecular weight is 436 g/mol. The number of thiol groups is 1. The summed E-state index contributed by atoms with van der Waals surface area (Å²) in [6, 6.07) is 13.3. The third kappa shape index (κ3) is 5.64. The summed E-state index contributed by atoms with van der Waals surface area (Å²) in [5.41, 5.74) is 7.11. The number of benzene rings is 2. The van der Waals surface area contributed by atoms with Crippen molar-refractivity contribution in [3.8, 4) is 0 Å². The first-order valence-corrected chi connectivity index (χ1v) is 11.0. The summed E-state index contributed by atoms with van der Waals surface area (Å²) in [5, 5.41) is 3.00. The second-order valence-corrected chi connectivity index (χ2v) is 8.12. The van der Waals surface area contributed by atoms with Gasteiger partial charge < -0.3 is 10.2 Å². The van der Waals surface area contributed by atoms with E-state index in [9.17, 15) is 9.59 Å². The van der Waals surface area contributed by atoms with Crippen LogP contribution in [0.4, 0.5) is 0 Å². The molecule has 0 aliphatic carbocycles. The van der Waals surface area contributed by atoms with Gasteiger partial charge in [-0.25, -0.2) is 0 Å². The molecular weight excluding hydrogens is 406 g/mol. The summed E-state index contributed by atoms with van der Waals surface area (Å²) in [5.74, 6) is -0.159.